The third-order valence-electron chi connectivity index (χ3n) is 6.66. The lowest BCUT2D eigenvalue weighted by Gasteiger charge is -2.41. The lowest BCUT2D eigenvalue weighted by molar-refractivity contribution is -0.113. The number of carbonyl (C=O) groups excluding carboxylic acids is 2. The Bertz CT molecular complexity index is 1450. The molecule has 39 heavy (non-hydrogen) atoms. The summed E-state index contributed by atoms with van der Waals surface area (Å²) in [6.07, 6.45) is 0.983. The molecule has 0 bridgehead atoms. The number of amides is 2. The van der Waals surface area contributed by atoms with Gasteiger partial charge in [0, 0.05) is 23.7 Å². The lowest BCUT2D eigenvalue weighted by Crippen LogP contribution is -2.43. The highest BCUT2D eigenvalue weighted by molar-refractivity contribution is 8.13. The van der Waals surface area contributed by atoms with Gasteiger partial charge in [-0.05, 0) is 67.4 Å². The number of ether oxygens (including phenoxy) is 2. The molecule has 0 aliphatic carbocycles. The van der Waals surface area contributed by atoms with Crippen molar-refractivity contribution in [1.82, 2.24) is 4.90 Å². The highest BCUT2D eigenvalue weighted by Crippen LogP contribution is 2.40. The second kappa shape index (κ2) is 11.7. The molecular formula is C30H30N4O4S. The molecule has 1 fully saturated rings. The summed E-state index contributed by atoms with van der Waals surface area (Å²) in [5.41, 5.74) is 3.88. The Morgan fingerprint density at radius 2 is 1.69 bits per heavy atom. The molecular weight excluding hydrogens is 512 g/mol. The fraction of sp³-hybridized carbons (Fsp3) is 0.233. The summed E-state index contributed by atoms with van der Waals surface area (Å²) in [4.78, 5) is 33.8. The Kier molecular flexibility index (Phi) is 7.88. The van der Waals surface area contributed by atoms with Gasteiger partial charge in [0.05, 0.1) is 37.1 Å². The van der Waals surface area contributed by atoms with Crippen molar-refractivity contribution in [3.8, 4) is 11.5 Å². The smallest absolute Gasteiger partial charge is 0.259 e. The van der Waals surface area contributed by atoms with E-state index in [4.69, 9.17) is 14.5 Å². The van der Waals surface area contributed by atoms with Gasteiger partial charge < -0.3 is 25.0 Å². The number of rotatable bonds is 7. The van der Waals surface area contributed by atoms with Crippen molar-refractivity contribution < 1.29 is 19.1 Å². The van der Waals surface area contributed by atoms with Gasteiger partial charge in [-0.1, -0.05) is 36.0 Å². The fourth-order valence-electron chi connectivity index (χ4n) is 4.80. The predicted molar refractivity (Wildman–Crippen MR) is 156 cm³/mol. The molecule has 0 aromatic heterocycles. The van der Waals surface area contributed by atoms with E-state index in [1.807, 2.05) is 49.4 Å². The molecule has 1 unspecified atom stereocenters. The van der Waals surface area contributed by atoms with Gasteiger partial charge in [-0.2, -0.15) is 0 Å². The Morgan fingerprint density at radius 1 is 0.923 bits per heavy atom. The van der Waals surface area contributed by atoms with Crippen LogP contribution in [-0.2, 0) is 4.79 Å². The zero-order valence-electron chi connectivity index (χ0n) is 22.1. The van der Waals surface area contributed by atoms with Gasteiger partial charge in [0.25, 0.3) is 11.8 Å². The fourth-order valence-corrected chi connectivity index (χ4v) is 5.82. The number of carbonyl (C=O) groups is 2. The lowest BCUT2D eigenvalue weighted by atomic mass is 9.93. The topological polar surface area (TPSA) is 92.3 Å². The standard InChI is InChI=1S/C30H30N4O4S/c1-19-26(29(36)32-21-12-14-23(37-2)15-13-21)27(34-16-7-17-39-30(34)31-19)20-8-6-9-22(18-20)33-28(35)24-10-4-5-11-25(24)38-3/h4-6,8-15,18,27H,7,16-17H2,1-3H3,(H,32,36)(H,33,35). The molecule has 9 heteroatoms. The van der Waals surface area contributed by atoms with E-state index in [0.29, 0.717) is 39.7 Å². The predicted octanol–water partition coefficient (Wildman–Crippen LogP) is 5.72. The van der Waals surface area contributed by atoms with Crippen molar-refractivity contribution in [2.24, 2.45) is 4.99 Å². The van der Waals surface area contributed by atoms with Crippen LogP contribution in [-0.4, -0.2) is 48.4 Å². The summed E-state index contributed by atoms with van der Waals surface area (Å²) in [5, 5.41) is 6.93. The minimum atomic E-state index is -0.355. The average Bonchev–Trinajstić information content (AvgIpc) is 2.96. The quantitative estimate of drug-likeness (QED) is 0.397. The number of benzene rings is 3. The summed E-state index contributed by atoms with van der Waals surface area (Å²) in [7, 11) is 3.15. The van der Waals surface area contributed by atoms with Crippen LogP contribution in [0.25, 0.3) is 0 Å². The SMILES string of the molecule is COc1ccc(NC(=O)C2=C(C)N=C3SCCCN3C2c2cccc(NC(=O)c3ccccc3OC)c2)cc1. The number of hydrogen-bond acceptors (Lipinski definition) is 7. The maximum absolute atomic E-state index is 13.7. The van der Waals surface area contributed by atoms with Gasteiger partial charge in [-0.15, -0.1) is 0 Å². The number of amidine groups is 1. The van der Waals surface area contributed by atoms with Crippen LogP contribution >= 0.6 is 11.8 Å². The zero-order chi connectivity index (χ0) is 27.4. The number of allylic oxidation sites excluding steroid dienone is 1. The van der Waals surface area contributed by atoms with Crippen molar-refractivity contribution in [1.29, 1.82) is 0 Å². The van der Waals surface area contributed by atoms with Crippen LogP contribution in [0.5, 0.6) is 11.5 Å². The number of thioether (sulfide) groups is 1. The van der Waals surface area contributed by atoms with Crippen molar-refractivity contribution in [2.45, 2.75) is 19.4 Å². The molecule has 3 aromatic carbocycles. The van der Waals surface area contributed by atoms with E-state index in [1.54, 1.807) is 56.3 Å². The summed E-state index contributed by atoms with van der Waals surface area (Å²) in [5.74, 6) is 1.71. The van der Waals surface area contributed by atoms with E-state index >= 15 is 0 Å². The van der Waals surface area contributed by atoms with Gasteiger partial charge in [-0.25, -0.2) is 4.99 Å². The average molecular weight is 543 g/mol. The highest BCUT2D eigenvalue weighted by atomic mass is 32.2. The summed E-state index contributed by atoms with van der Waals surface area (Å²) >= 11 is 1.70. The van der Waals surface area contributed by atoms with E-state index in [2.05, 4.69) is 15.5 Å². The monoisotopic (exact) mass is 542 g/mol. The summed E-state index contributed by atoms with van der Waals surface area (Å²) in [6.45, 7) is 2.66. The molecule has 1 atom stereocenters. The Morgan fingerprint density at radius 3 is 2.46 bits per heavy atom. The van der Waals surface area contributed by atoms with Gasteiger partial charge in [0.15, 0.2) is 5.17 Å². The van der Waals surface area contributed by atoms with E-state index in [1.165, 1.54) is 0 Å². The number of aliphatic imine (C=N–C) groups is 1. The minimum Gasteiger partial charge on any atom is -0.497 e. The molecule has 3 aromatic rings. The van der Waals surface area contributed by atoms with Gasteiger partial charge in [0.2, 0.25) is 0 Å². The molecule has 0 spiro atoms. The maximum Gasteiger partial charge on any atom is 0.259 e. The van der Waals surface area contributed by atoms with Crippen LogP contribution in [0.15, 0.2) is 89.1 Å². The first-order valence-corrected chi connectivity index (χ1v) is 13.7. The first kappa shape index (κ1) is 26.4. The van der Waals surface area contributed by atoms with Crippen LogP contribution in [0.4, 0.5) is 11.4 Å². The maximum atomic E-state index is 13.7. The largest absolute Gasteiger partial charge is 0.497 e. The van der Waals surface area contributed by atoms with Gasteiger partial charge in [0.1, 0.15) is 11.5 Å². The Balaban J connectivity index is 1.47. The first-order chi connectivity index (χ1) is 19.0. The van der Waals surface area contributed by atoms with Crippen molar-refractivity contribution in [3.05, 3.63) is 95.2 Å². The number of anilines is 2. The molecule has 5 rings (SSSR count). The van der Waals surface area contributed by atoms with E-state index in [9.17, 15) is 9.59 Å². The van der Waals surface area contributed by atoms with Crippen molar-refractivity contribution in [3.63, 3.8) is 0 Å². The summed E-state index contributed by atoms with van der Waals surface area (Å²) < 4.78 is 10.6. The van der Waals surface area contributed by atoms with Crippen LogP contribution in [0, 0.1) is 0 Å². The molecule has 0 radical (unpaired) electrons. The molecule has 2 aliphatic rings. The zero-order valence-corrected chi connectivity index (χ0v) is 22.9. The molecule has 8 nitrogen and oxygen atoms in total. The molecule has 2 amide bonds. The highest BCUT2D eigenvalue weighted by Gasteiger charge is 2.37. The van der Waals surface area contributed by atoms with Crippen LogP contribution in [0.1, 0.15) is 35.3 Å². The van der Waals surface area contributed by atoms with Crippen molar-refractivity contribution in [2.75, 3.05) is 37.2 Å². The molecule has 2 aliphatic heterocycles. The third-order valence-corrected chi connectivity index (χ3v) is 7.74. The van der Waals surface area contributed by atoms with Gasteiger partial charge in [-0.3, -0.25) is 9.59 Å². The molecule has 2 N–H and O–H groups in total. The first-order valence-electron chi connectivity index (χ1n) is 12.7. The number of methoxy groups -OCH3 is 2. The van der Waals surface area contributed by atoms with Crippen LogP contribution in [0.3, 0.4) is 0 Å². The van der Waals surface area contributed by atoms with E-state index in [-0.39, 0.29) is 17.9 Å². The second-order valence-electron chi connectivity index (χ2n) is 9.15. The van der Waals surface area contributed by atoms with Crippen LogP contribution < -0.4 is 20.1 Å². The second-order valence-corrected chi connectivity index (χ2v) is 10.2. The molecule has 1 saturated heterocycles. The van der Waals surface area contributed by atoms with Crippen molar-refractivity contribution >= 4 is 40.1 Å². The third kappa shape index (κ3) is 5.63. The number of hydrogen-bond donors (Lipinski definition) is 2. The molecule has 2 heterocycles. The molecule has 0 saturated carbocycles. The van der Waals surface area contributed by atoms with E-state index in [0.717, 1.165) is 29.4 Å². The Hall–Kier alpha value is -4.24. The number of para-hydroxylation sites is 1. The number of nitrogens with one attached hydrogen (secondary N) is 2. The van der Waals surface area contributed by atoms with Gasteiger partial charge >= 0.3 is 0 Å². The summed E-state index contributed by atoms with van der Waals surface area (Å²) in [6, 6.07) is 21.6. The molecule has 200 valence electrons. The van der Waals surface area contributed by atoms with Crippen LogP contribution in [0.2, 0.25) is 0 Å². The minimum absolute atomic E-state index is 0.218. The number of nitrogens with zero attached hydrogens (tertiary/aromatic N) is 2. The number of fused-ring (bicyclic) bond motifs is 1. The Labute approximate surface area is 232 Å². The van der Waals surface area contributed by atoms with E-state index < -0.39 is 0 Å². The normalized spacial score (nSPS) is 16.6.